The van der Waals surface area contributed by atoms with Gasteiger partial charge in [0.2, 0.25) is 12.6 Å². The van der Waals surface area contributed by atoms with E-state index < -0.39 is 5.41 Å². The van der Waals surface area contributed by atoms with E-state index in [-0.39, 0.29) is 30.3 Å². The summed E-state index contributed by atoms with van der Waals surface area (Å²) >= 11 is 0. The Balaban J connectivity index is 0.00000433. The van der Waals surface area contributed by atoms with E-state index in [0.29, 0.717) is 34.4 Å². The van der Waals surface area contributed by atoms with Crippen LogP contribution in [-0.2, 0) is 14.3 Å². The van der Waals surface area contributed by atoms with Gasteiger partial charge in [0.15, 0.2) is 0 Å². The fraction of sp³-hybridized carbons (Fsp3) is 0.805. The highest BCUT2D eigenvalue weighted by Crippen LogP contribution is 2.68. The summed E-state index contributed by atoms with van der Waals surface area (Å²) < 4.78 is 6.52. The summed E-state index contributed by atoms with van der Waals surface area (Å²) in [6.45, 7) is 15.6. The third kappa shape index (κ3) is 7.19. The zero-order chi connectivity index (χ0) is 32.7. The highest BCUT2D eigenvalue weighted by Gasteiger charge is 2.60. The second-order valence-corrected chi connectivity index (χ2v) is 18.2. The number of carbonyl (C=O) groups is 2. The molecule has 1 heterocycles. The lowest BCUT2D eigenvalue weighted by molar-refractivity contribution is -0.158. The van der Waals surface area contributed by atoms with Crippen LogP contribution in [-0.4, -0.2) is 37.7 Å². The number of esters is 1. The average Bonchev–Trinajstić information content (AvgIpc) is 3.40. The van der Waals surface area contributed by atoms with Crippen LogP contribution in [0.15, 0.2) is 30.3 Å². The third-order valence-corrected chi connectivity index (χ3v) is 14.7. The number of nitrogens with zero attached hydrogens (tertiary/aromatic N) is 1. The molecular formula is C41H65ClN2O3. The first-order valence-corrected chi connectivity index (χ1v) is 19.2. The molecule has 1 aliphatic heterocycles. The Bertz CT molecular complexity index is 1220. The molecule has 0 bridgehead atoms. The van der Waals surface area contributed by atoms with Gasteiger partial charge in [-0.25, -0.2) is 0 Å². The van der Waals surface area contributed by atoms with Crippen molar-refractivity contribution in [3.63, 3.8) is 0 Å². The molecule has 0 spiro atoms. The van der Waals surface area contributed by atoms with E-state index in [9.17, 15) is 9.59 Å². The quantitative estimate of drug-likeness (QED) is 0.262. The van der Waals surface area contributed by atoms with E-state index in [1.165, 1.54) is 69.9 Å². The Morgan fingerprint density at radius 2 is 1.60 bits per heavy atom. The number of likely N-dealkylation sites (tertiary alicyclic amines) is 1. The second kappa shape index (κ2) is 14.3. The minimum absolute atomic E-state index is 0. The van der Waals surface area contributed by atoms with Crippen LogP contribution in [0.3, 0.4) is 0 Å². The molecule has 6 rings (SSSR count). The summed E-state index contributed by atoms with van der Waals surface area (Å²) in [4.78, 5) is 26.0. The normalized spacial score (nSPS) is 38.9. The highest BCUT2D eigenvalue weighted by atomic mass is 35.5. The minimum Gasteiger partial charge on any atom is -1.00 e. The van der Waals surface area contributed by atoms with Gasteiger partial charge in [0.05, 0.1) is 18.5 Å². The molecule has 5 nitrogen and oxygen atoms in total. The van der Waals surface area contributed by atoms with Crippen LogP contribution >= 0.6 is 0 Å². The Kier molecular flexibility index (Phi) is 11.2. The van der Waals surface area contributed by atoms with Gasteiger partial charge in [-0.2, -0.15) is 0 Å². The Morgan fingerprint density at radius 3 is 2.30 bits per heavy atom. The van der Waals surface area contributed by atoms with E-state index >= 15 is 0 Å². The first-order valence-electron chi connectivity index (χ1n) is 19.2. The number of halogens is 1. The minimum atomic E-state index is -0.521. The van der Waals surface area contributed by atoms with Crippen LogP contribution in [0.1, 0.15) is 131 Å². The number of carbonyl (C=O) groups excluding carboxylic acids is 2. The van der Waals surface area contributed by atoms with Crippen molar-refractivity contribution in [2.75, 3.05) is 19.8 Å². The van der Waals surface area contributed by atoms with Crippen LogP contribution in [0.2, 0.25) is 0 Å². The molecule has 1 amide bonds. The fourth-order valence-electron chi connectivity index (χ4n) is 11.9. The summed E-state index contributed by atoms with van der Waals surface area (Å²) in [6.07, 6.45) is 18.0. The summed E-state index contributed by atoms with van der Waals surface area (Å²) in [7, 11) is 0. The first kappa shape index (κ1) is 36.7. The summed E-state index contributed by atoms with van der Waals surface area (Å²) in [5.41, 5.74) is 1.74. The molecule has 4 aliphatic carbocycles. The smallest absolute Gasteiger partial charge is 0.315 e. The molecule has 47 heavy (non-hydrogen) atoms. The van der Waals surface area contributed by atoms with Crippen LogP contribution in [0.4, 0.5) is 5.69 Å². The van der Waals surface area contributed by atoms with Gasteiger partial charge in [0.25, 0.3) is 0 Å². The van der Waals surface area contributed by atoms with Gasteiger partial charge in [-0.05, 0) is 137 Å². The summed E-state index contributed by atoms with van der Waals surface area (Å²) in [5.74, 6) is 5.23. The van der Waals surface area contributed by atoms with Crippen molar-refractivity contribution in [1.29, 1.82) is 0 Å². The lowest BCUT2D eigenvalue weighted by atomic mass is 9.44. The molecule has 1 aromatic carbocycles. The van der Waals surface area contributed by atoms with Crippen LogP contribution in [0.25, 0.3) is 0 Å². The lowest BCUT2D eigenvalue weighted by Gasteiger charge is -2.61. The van der Waals surface area contributed by atoms with Crippen molar-refractivity contribution in [2.45, 2.75) is 137 Å². The number of amides is 1. The Labute approximate surface area is 292 Å². The van der Waals surface area contributed by atoms with Crippen molar-refractivity contribution in [2.24, 2.45) is 51.8 Å². The SMILES string of the molecule is C[C@H](CCC(=O)NC1CC[N+](COC(=O)C(C)(C)C)(c2ccccc2)CC1)[C@H]1CCC2C3CCC4CCCC[C@]4(C)C3CC[C@@]21C.[Cl-]. The number of benzene rings is 1. The van der Waals surface area contributed by atoms with Crippen LogP contribution in [0.5, 0.6) is 0 Å². The van der Waals surface area contributed by atoms with Crippen molar-refractivity contribution in [3.05, 3.63) is 30.3 Å². The average molecular weight is 669 g/mol. The van der Waals surface area contributed by atoms with E-state index in [1.807, 2.05) is 26.8 Å². The first-order chi connectivity index (χ1) is 21.9. The number of fused-ring (bicyclic) bond motifs is 5. The van der Waals surface area contributed by atoms with Gasteiger partial charge < -0.3 is 22.5 Å². The molecule has 5 aliphatic rings. The molecule has 4 saturated carbocycles. The summed E-state index contributed by atoms with van der Waals surface area (Å²) in [6, 6.07) is 10.6. The monoisotopic (exact) mass is 668 g/mol. The number of ether oxygens (including phenoxy) is 1. The molecule has 8 atom stereocenters. The van der Waals surface area contributed by atoms with Gasteiger partial charge in [-0.15, -0.1) is 0 Å². The van der Waals surface area contributed by atoms with Gasteiger partial charge in [0, 0.05) is 25.3 Å². The predicted molar refractivity (Wildman–Crippen MR) is 188 cm³/mol. The molecule has 1 saturated heterocycles. The standard InChI is InChI=1S/C41H64N2O3.ClH/c1-29(34-18-19-35-33-17-16-30-12-10-11-24-40(30,5)36(33)21-25-41(34,35)6)15-20-37(44)42-31-22-26-43(27-23-31,32-13-8-7-9-14-32)28-46-38(45)39(2,3)4;/h7-9,13-14,29-31,33-36H,10-12,15-28H2,1-6H3;1H/t29-,30?,31?,33?,34-,35?,36?,40+,41-,43?;/m1./s1. The fourth-order valence-corrected chi connectivity index (χ4v) is 11.9. The van der Waals surface area contributed by atoms with Crippen LogP contribution in [0, 0.1) is 51.8 Å². The van der Waals surface area contributed by atoms with Gasteiger partial charge in [-0.3, -0.25) is 14.1 Å². The number of hydrogen-bond acceptors (Lipinski definition) is 3. The maximum atomic E-state index is 13.3. The zero-order valence-electron chi connectivity index (χ0n) is 30.5. The molecule has 0 radical (unpaired) electrons. The second-order valence-electron chi connectivity index (χ2n) is 18.2. The Morgan fingerprint density at radius 1 is 0.894 bits per heavy atom. The molecule has 5 fully saturated rings. The molecule has 4 unspecified atom stereocenters. The van der Waals surface area contributed by atoms with E-state index in [1.54, 1.807) is 0 Å². The number of quaternary nitrogens is 1. The van der Waals surface area contributed by atoms with E-state index in [2.05, 4.69) is 50.4 Å². The summed E-state index contributed by atoms with van der Waals surface area (Å²) in [5, 5.41) is 3.42. The molecule has 6 heteroatoms. The van der Waals surface area contributed by atoms with E-state index in [4.69, 9.17) is 4.74 Å². The van der Waals surface area contributed by atoms with Gasteiger partial charge in [-0.1, -0.05) is 51.8 Å². The maximum absolute atomic E-state index is 13.3. The lowest BCUT2D eigenvalue weighted by Crippen LogP contribution is -3.00. The predicted octanol–water partition coefficient (Wildman–Crippen LogP) is 6.29. The maximum Gasteiger partial charge on any atom is 0.315 e. The third-order valence-electron chi connectivity index (χ3n) is 14.7. The molecule has 0 aromatic heterocycles. The van der Waals surface area contributed by atoms with Crippen LogP contribution < -0.4 is 22.2 Å². The van der Waals surface area contributed by atoms with Gasteiger partial charge in [0.1, 0.15) is 5.69 Å². The number of piperidine rings is 1. The number of nitrogens with one attached hydrogen (secondary N) is 1. The van der Waals surface area contributed by atoms with E-state index in [0.717, 1.165) is 61.9 Å². The van der Waals surface area contributed by atoms with Gasteiger partial charge >= 0.3 is 5.97 Å². The Hall–Kier alpha value is -1.59. The van der Waals surface area contributed by atoms with Crippen molar-refractivity contribution in [3.8, 4) is 0 Å². The number of para-hydroxylation sites is 1. The van der Waals surface area contributed by atoms with Crippen molar-refractivity contribution >= 4 is 17.6 Å². The highest BCUT2D eigenvalue weighted by molar-refractivity contribution is 5.76. The van der Waals surface area contributed by atoms with Crippen molar-refractivity contribution in [1.82, 2.24) is 9.80 Å². The molecule has 264 valence electrons. The van der Waals surface area contributed by atoms with Crippen molar-refractivity contribution < 1.29 is 26.7 Å². The zero-order valence-corrected chi connectivity index (χ0v) is 31.3. The molecule has 1 aromatic rings. The molecule has 1 N–H and O–H groups in total. The largest absolute Gasteiger partial charge is 1.00 e. The molecular weight excluding hydrogens is 604 g/mol. The number of hydrogen-bond donors (Lipinski definition) is 1. The topological polar surface area (TPSA) is 55.4 Å². The number of rotatable bonds is 8.